The van der Waals surface area contributed by atoms with Crippen LogP contribution in [-0.2, 0) is 6.42 Å². The van der Waals surface area contributed by atoms with Crippen LogP contribution in [0.1, 0.15) is 22.6 Å². The quantitative estimate of drug-likeness (QED) is 0.568. The van der Waals surface area contributed by atoms with Crippen LogP contribution in [0.3, 0.4) is 0 Å². The van der Waals surface area contributed by atoms with Crippen molar-refractivity contribution < 1.29 is 0 Å². The highest BCUT2D eigenvalue weighted by molar-refractivity contribution is 6.31. The lowest BCUT2D eigenvalue weighted by Gasteiger charge is -2.14. The molecule has 3 aromatic carbocycles. The molecular weight excluding hydrogens is 276 g/mol. The van der Waals surface area contributed by atoms with Crippen molar-refractivity contribution in [3.8, 4) is 11.1 Å². The molecule has 1 aliphatic rings. The fourth-order valence-corrected chi connectivity index (χ4v) is 3.58. The van der Waals surface area contributed by atoms with E-state index in [1.165, 1.54) is 27.8 Å². The minimum Gasteiger partial charge on any atom is -0.0840 e. The van der Waals surface area contributed by atoms with Crippen LogP contribution in [0.2, 0.25) is 5.02 Å². The first kappa shape index (κ1) is 12.7. The minimum absolute atomic E-state index is 0.400. The van der Waals surface area contributed by atoms with Gasteiger partial charge in [0.25, 0.3) is 0 Å². The van der Waals surface area contributed by atoms with Gasteiger partial charge in [0.15, 0.2) is 0 Å². The Hall–Kier alpha value is -2.05. The Kier molecular flexibility index (Phi) is 3.05. The molecule has 1 aliphatic carbocycles. The van der Waals surface area contributed by atoms with Gasteiger partial charge >= 0.3 is 0 Å². The average Bonchev–Trinajstić information content (AvgIpc) is 2.85. The van der Waals surface area contributed by atoms with Crippen molar-refractivity contribution in [2.75, 3.05) is 0 Å². The average molecular weight is 291 g/mol. The molecule has 0 saturated heterocycles. The van der Waals surface area contributed by atoms with Crippen molar-refractivity contribution in [1.82, 2.24) is 0 Å². The summed E-state index contributed by atoms with van der Waals surface area (Å²) in [6, 6.07) is 25.6. The van der Waals surface area contributed by atoms with Crippen molar-refractivity contribution in [3.05, 3.63) is 94.5 Å². The Morgan fingerprint density at radius 1 is 0.667 bits per heavy atom. The van der Waals surface area contributed by atoms with E-state index in [4.69, 9.17) is 11.6 Å². The zero-order chi connectivity index (χ0) is 14.2. The molecule has 0 unspecified atom stereocenters. The van der Waals surface area contributed by atoms with Crippen LogP contribution < -0.4 is 0 Å². The van der Waals surface area contributed by atoms with Gasteiger partial charge in [-0.15, -0.1) is 0 Å². The van der Waals surface area contributed by atoms with E-state index in [1.807, 2.05) is 12.1 Å². The summed E-state index contributed by atoms with van der Waals surface area (Å²) in [6.07, 6.45) is 0.952. The first-order valence-corrected chi connectivity index (χ1v) is 7.64. The Bertz CT molecular complexity index is 759. The number of rotatable bonds is 2. The predicted octanol–water partition coefficient (Wildman–Crippen LogP) is 5.70. The SMILES string of the molecule is Clc1ccccc1CC1c2ccccc2-c2ccccc21. The zero-order valence-electron chi connectivity index (χ0n) is 11.6. The van der Waals surface area contributed by atoms with Crippen molar-refractivity contribution in [2.24, 2.45) is 0 Å². The first-order valence-electron chi connectivity index (χ1n) is 7.26. The molecule has 0 spiro atoms. The number of fused-ring (bicyclic) bond motifs is 3. The van der Waals surface area contributed by atoms with E-state index in [2.05, 4.69) is 60.7 Å². The summed E-state index contributed by atoms with van der Waals surface area (Å²) in [5.74, 6) is 0.400. The van der Waals surface area contributed by atoms with Gasteiger partial charge < -0.3 is 0 Å². The van der Waals surface area contributed by atoms with Crippen LogP contribution in [0.4, 0.5) is 0 Å². The fraction of sp³-hybridized carbons (Fsp3) is 0.100. The second-order valence-corrected chi connectivity index (χ2v) is 5.93. The molecule has 0 atom stereocenters. The molecule has 0 amide bonds. The standard InChI is InChI=1S/C20H15Cl/c21-20-12-6-1-7-14(20)13-19-17-10-4-2-8-15(17)16-9-3-5-11-18(16)19/h1-12,19H,13H2. The van der Waals surface area contributed by atoms with Crippen LogP contribution in [0.5, 0.6) is 0 Å². The lowest BCUT2D eigenvalue weighted by atomic mass is 9.90. The van der Waals surface area contributed by atoms with Crippen molar-refractivity contribution in [2.45, 2.75) is 12.3 Å². The van der Waals surface area contributed by atoms with Gasteiger partial charge in [-0.05, 0) is 40.3 Å². The largest absolute Gasteiger partial charge is 0.0840 e. The number of hydrogen-bond donors (Lipinski definition) is 0. The smallest absolute Gasteiger partial charge is 0.0438 e. The Morgan fingerprint density at radius 3 is 1.81 bits per heavy atom. The van der Waals surface area contributed by atoms with Gasteiger partial charge in [0, 0.05) is 10.9 Å². The molecule has 0 N–H and O–H groups in total. The Morgan fingerprint density at radius 2 is 1.19 bits per heavy atom. The summed E-state index contributed by atoms with van der Waals surface area (Å²) >= 11 is 6.36. The van der Waals surface area contributed by atoms with E-state index in [0.717, 1.165) is 11.4 Å². The van der Waals surface area contributed by atoms with Gasteiger partial charge in [-0.3, -0.25) is 0 Å². The van der Waals surface area contributed by atoms with Crippen LogP contribution in [0.15, 0.2) is 72.8 Å². The third kappa shape index (κ3) is 2.07. The van der Waals surface area contributed by atoms with Crippen LogP contribution in [-0.4, -0.2) is 0 Å². The summed E-state index contributed by atoms with van der Waals surface area (Å²) in [5, 5.41) is 0.861. The van der Waals surface area contributed by atoms with Gasteiger partial charge in [-0.1, -0.05) is 78.3 Å². The summed E-state index contributed by atoms with van der Waals surface area (Å²) < 4.78 is 0. The molecule has 1 heteroatoms. The van der Waals surface area contributed by atoms with Crippen molar-refractivity contribution in [1.29, 1.82) is 0 Å². The Labute approximate surface area is 130 Å². The fourth-order valence-electron chi connectivity index (χ4n) is 3.36. The number of hydrogen-bond acceptors (Lipinski definition) is 0. The monoisotopic (exact) mass is 290 g/mol. The lowest BCUT2D eigenvalue weighted by Crippen LogP contribution is -2.01. The maximum atomic E-state index is 6.36. The lowest BCUT2D eigenvalue weighted by molar-refractivity contribution is 0.827. The van der Waals surface area contributed by atoms with E-state index < -0.39 is 0 Å². The first-order chi connectivity index (χ1) is 10.3. The van der Waals surface area contributed by atoms with E-state index in [9.17, 15) is 0 Å². The van der Waals surface area contributed by atoms with Gasteiger partial charge in [0.1, 0.15) is 0 Å². The highest BCUT2D eigenvalue weighted by Crippen LogP contribution is 2.46. The molecule has 0 aliphatic heterocycles. The maximum absolute atomic E-state index is 6.36. The third-order valence-corrected chi connectivity index (χ3v) is 4.71. The molecule has 0 nitrogen and oxygen atoms in total. The zero-order valence-corrected chi connectivity index (χ0v) is 12.3. The predicted molar refractivity (Wildman–Crippen MR) is 88.9 cm³/mol. The van der Waals surface area contributed by atoms with E-state index in [1.54, 1.807) is 0 Å². The van der Waals surface area contributed by atoms with Crippen LogP contribution in [0, 0.1) is 0 Å². The van der Waals surface area contributed by atoms with E-state index in [-0.39, 0.29) is 0 Å². The van der Waals surface area contributed by atoms with Crippen LogP contribution >= 0.6 is 11.6 Å². The summed E-state index contributed by atoms with van der Waals surface area (Å²) in [5.41, 5.74) is 6.78. The van der Waals surface area contributed by atoms with Crippen LogP contribution in [0.25, 0.3) is 11.1 Å². The maximum Gasteiger partial charge on any atom is 0.0438 e. The molecule has 0 aromatic heterocycles. The van der Waals surface area contributed by atoms with Gasteiger partial charge in [-0.25, -0.2) is 0 Å². The number of benzene rings is 3. The molecule has 3 aromatic rings. The van der Waals surface area contributed by atoms with Crippen molar-refractivity contribution in [3.63, 3.8) is 0 Å². The molecule has 102 valence electrons. The summed E-state index contributed by atoms with van der Waals surface area (Å²) in [4.78, 5) is 0. The Balaban J connectivity index is 1.84. The molecule has 4 rings (SSSR count). The van der Waals surface area contributed by atoms with Gasteiger partial charge in [0.05, 0.1) is 0 Å². The molecule has 0 bridgehead atoms. The highest BCUT2D eigenvalue weighted by Gasteiger charge is 2.28. The molecule has 0 heterocycles. The molecule has 0 radical (unpaired) electrons. The normalized spacial score (nSPS) is 13.0. The van der Waals surface area contributed by atoms with E-state index >= 15 is 0 Å². The second kappa shape index (κ2) is 5.05. The van der Waals surface area contributed by atoms with E-state index in [0.29, 0.717) is 5.92 Å². The third-order valence-electron chi connectivity index (χ3n) is 4.34. The number of halogens is 1. The van der Waals surface area contributed by atoms with Gasteiger partial charge in [0.2, 0.25) is 0 Å². The second-order valence-electron chi connectivity index (χ2n) is 5.52. The molecule has 0 fully saturated rings. The molecule has 21 heavy (non-hydrogen) atoms. The summed E-state index contributed by atoms with van der Waals surface area (Å²) in [7, 11) is 0. The van der Waals surface area contributed by atoms with Crippen molar-refractivity contribution >= 4 is 11.6 Å². The van der Waals surface area contributed by atoms with Gasteiger partial charge in [-0.2, -0.15) is 0 Å². The molecule has 0 saturated carbocycles. The highest BCUT2D eigenvalue weighted by atomic mass is 35.5. The minimum atomic E-state index is 0.400. The molecular formula is C20H15Cl. The topological polar surface area (TPSA) is 0 Å². The summed E-state index contributed by atoms with van der Waals surface area (Å²) in [6.45, 7) is 0.